The molecular formula is C17H25N3O2. The molecule has 1 aliphatic rings. The van der Waals surface area contributed by atoms with Crippen LogP contribution in [0.1, 0.15) is 36.5 Å². The van der Waals surface area contributed by atoms with E-state index in [1.807, 2.05) is 13.0 Å². The zero-order valence-electron chi connectivity index (χ0n) is 13.1. The van der Waals surface area contributed by atoms with E-state index in [-0.39, 0.29) is 0 Å². The molecule has 0 bridgehead atoms. The molecule has 2 heterocycles. The number of rotatable bonds is 1. The van der Waals surface area contributed by atoms with Crippen LogP contribution in [-0.2, 0) is 0 Å². The van der Waals surface area contributed by atoms with Gasteiger partial charge in [0.25, 0.3) is 0 Å². The van der Waals surface area contributed by atoms with Crippen molar-refractivity contribution in [3.05, 3.63) is 42.1 Å². The fourth-order valence-electron chi connectivity index (χ4n) is 2.08. The summed E-state index contributed by atoms with van der Waals surface area (Å²) >= 11 is 0. The van der Waals surface area contributed by atoms with E-state index >= 15 is 0 Å². The molecule has 22 heavy (non-hydrogen) atoms. The molecule has 1 fully saturated rings. The van der Waals surface area contributed by atoms with Crippen molar-refractivity contribution in [3.63, 3.8) is 0 Å². The van der Waals surface area contributed by atoms with E-state index in [1.165, 1.54) is 44.6 Å². The van der Waals surface area contributed by atoms with Crippen molar-refractivity contribution in [3.8, 4) is 0 Å². The van der Waals surface area contributed by atoms with Gasteiger partial charge in [-0.15, -0.1) is 0 Å². The first-order chi connectivity index (χ1) is 10.7. The molecule has 1 aromatic carbocycles. The van der Waals surface area contributed by atoms with E-state index in [9.17, 15) is 4.79 Å². The molecule has 0 spiro atoms. The van der Waals surface area contributed by atoms with E-state index < -0.39 is 5.97 Å². The molecule has 3 rings (SSSR count). The Labute approximate surface area is 131 Å². The summed E-state index contributed by atoms with van der Waals surface area (Å²) < 4.78 is 0. The van der Waals surface area contributed by atoms with Crippen LogP contribution in [0.5, 0.6) is 0 Å². The lowest BCUT2D eigenvalue weighted by Crippen LogP contribution is -2.21. The summed E-state index contributed by atoms with van der Waals surface area (Å²) in [6.45, 7) is 5.15. The number of pyridine rings is 1. The summed E-state index contributed by atoms with van der Waals surface area (Å²) in [5.74, 6) is -0.918. The van der Waals surface area contributed by atoms with Crippen molar-refractivity contribution in [1.82, 2.24) is 10.3 Å². The second kappa shape index (κ2) is 10.7. The number of nitrogens with one attached hydrogen (secondary N) is 1. The third-order valence-corrected chi connectivity index (χ3v) is 3.09. The van der Waals surface area contributed by atoms with Crippen molar-refractivity contribution >= 4 is 16.9 Å². The lowest BCUT2D eigenvalue weighted by Gasteiger charge is -2.08. The number of nitrogens with two attached hydrogens (primary N) is 1. The maximum atomic E-state index is 10.8. The topological polar surface area (TPSA) is 88.2 Å². The third kappa shape index (κ3) is 6.20. The molecule has 0 saturated carbocycles. The van der Waals surface area contributed by atoms with Crippen molar-refractivity contribution in [2.45, 2.75) is 26.2 Å². The molecular weight excluding hydrogens is 278 g/mol. The zero-order valence-corrected chi connectivity index (χ0v) is 13.1. The monoisotopic (exact) mass is 303 g/mol. The van der Waals surface area contributed by atoms with Crippen LogP contribution < -0.4 is 11.1 Å². The lowest BCUT2D eigenvalue weighted by atomic mass is 10.1. The second-order valence-electron chi connectivity index (χ2n) is 4.90. The van der Waals surface area contributed by atoms with Gasteiger partial charge < -0.3 is 16.2 Å². The van der Waals surface area contributed by atoms with Crippen LogP contribution in [0.15, 0.2) is 36.5 Å². The average Bonchev–Trinajstić information content (AvgIpc) is 2.57. The quantitative estimate of drug-likeness (QED) is 0.754. The summed E-state index contributed by atoms with van der Waals surface area (Å²) in [7, 11) is 0. The number of aromatic nitrogens is 1. The van der Waals surface area contributed by atoms with Gasteiger partial charge in [0.2, 0.25) is 0 Å². The number of benzene rings is 1. The average molecular weight is 303 g/mol. The summed E-state index contributed by atoms with van der Waals surface area (Å²) in [5.41, 5.74) is 5.85. The molecule has 0 atom stereocenters. The van der Waals surface area contributed by atoms with Gasteiger partial charge in [-0.3, -0.25) is 4.98 Å². The molecule has 120 valence electrons. The minimum Gasteiger partial charge on any atom is -0.478 e. The number of hydrogen-bond acceptors (Lipinski definition) is 4. The number of aromatic carboxylic acids is 1. The van der Waals surface area contributed by atoms with Crippen LogP contribution >= 0.6 is 0 Å². The number of nitrogens with zero attached hydrogens (tertiary/aromatic N) is 1. The second-order valence-corrected chi connectivity index (χ2v) is 4.90. The predicted octanol–water partition coefficient (Wildman–Crippen LogP) is 2.66. The Morgan fingerprint density at radius 3 is 2.36 bits per heavy atom. The molecule has 4 N–H and O–H groups in total. The Kier molecular flexibility index (Phi) is 8.79. The molecule has 0 amide bonds. The minimum absolute atomic E-state index is 0.297. The van der Waals surface area contributed by atoms with Crippen LogP contribution in [0.4, 0.5) is 0 Å². The van der Waals surface area contributed by atoms with Crippen LogP contribution in [0.2, 0.25) is 0 Å². The van der Waals surface area contributed by atoms with Gasteiger partial charge >= 0.3 is 5.97 Å². The highest BCUT2D eigenvalue weighted by Gasteiger charge is 2.06. The molecule has 1 aliphatic heterocycles. The number of fused-ring (bicyclic) bond motifs is 1. The Morgan fingerprint density at radius 1 is 1.23 bits per heavy atom. The fraction of sp³-hybridized carbons (Fsp3) is 0.412. The first-order valence-electron chi connectivity index (χ1n) is 7.68. The van der Waals surface area contributed by atoms with Gasteiger partial charge in [0, 0.05) is 11.6 Å². The maximum absolute atomic E-state index is 10.8. The van der Waals surface area contributed by atoms with Crippen molar-refractivity contribution in [2.24, 2.45) is 5.73 Å². The third-order valence-electron chi connectivity index (χ3n) is 3.09. The van der Waals surface area contributed by atoms with Gasteiger partial charge in [-0.25, -0.2) is 4.79 Å². The van der Waals surface area contributed by atoms with E-state index in [1.54, 1.807) is 18.2 Å². The van der Waals surface area contributed by atoms with Crippen LogP contribution in [0.25, 0.3) is 10.9 Å². The highest BCUT2D eigenvalue weighted by Crippen LogP contribution is 2.15. The van der Waals surface area contributed by atoms with E-state index in [2.05, 4.69) is 10.3 Å². The summed E-state index contributed by atoms with van der Waals surface area (Å²) in [6.07, 6.45) is 5.72. The Balaban J connectivity index is 0.000000224. The molecule has 2 aromatic rings. The molecule has 0 unspecified atom stereocenters. The number of piperidine rings is 1. The first kappa shape index (κ1) is 18.1. The normalized spacial score (nSPS) is 13.4. The standard InChI is InChI=1S/C10H7NO2.C5H11N.C2H7N/c12-10(13)8-5-6-11-9-4-2-1-3-7(8)9;1-2-4-6-5-3-1;1-2-3/h1-6H,(H,12,13);6H,1-5H2;2-3H2,1H3. The molecule has 5 nitrogen and oxygen atoms in total. The number of hydrogen-bond donors (Lipinski definition) is 3. The number of carboxylic acids is 1. The van der Waals surface area contributed by atoms with Crippen LogP contribution in [0.3, 0.4) is 0 Å². The molecule has 0 radical (unpaired) electrons. The van der Waals surface area contributed by atoms with Gasteiger partial charge in [-0.05, 0) is 44.6 Å². The van der Waals surface area contributed by atoms with E-state index in [4.69, 9.17) is 10.8 Å². The predicted molar refractivity (Wildman–Crippen MR) is 90.2 cm³/mol. The highest BCUT2D eigenvalue weighted by atomic mass is 16.4. The van der Waals surface area contributed by atoms with Crippen LogP contribution in [-0.4, -0.2) is 35.7 Å². The van der Waals surface area contributed by atoms with Crippen LogP contribution in [0, 0.1) is 0 Å². The summed E-state index contributed by atoms with van der Waals surface area (Å²) in [5, 5.41) is 12.8. The largest absolute Gasteiger partial charge is 0.478 e. The Hall–Kier alpha value is -1.98. The lowest BCUT2D eigenvalue weighted by molar-refractivity contribution is 0.0699. The van der Waals surface area contributed by atoms with Crippen molar-refractivity contribution < 1.29 is 9.90 Å². The Morgan fingerprint density at radius 2 is 1.86 bits per heavy atom. The van der Waals surface area contributed by atoms with Gasteiger partial charge in [0.05, 0.1) is 11.1 Å². The molecule has 0 aliphatic carbocycles. The van der Waals surface area contributed by atoms with Gasteiger partial charge in [0.1, 0.15) is 0 Å². The molecule has 1 aromatic heterocycles. The van der Waals surface area contributed by atoms with Gasteiger partial charge in [0.15, 0.2) is 0 Å². The van der Waals surface area contributed by atoms with Crippen molar-refractivity contribution in [2.75, 3.05) is 19.6 Å². The number of carboxylic acid groups (broad SMARTS) is 1. The SMILES string of the molecule is C1CCNCC1.CCN.O=C(O)c1ccnc2ccccc12. The Bertz CT molecular complexity index is 552. The summed E-state index contributed by atoms with van der Waals surface area (Å²) in [6, 6.07) is 8.69. The van der Waals surface area contributed by atoms with Gasteiger partial charge in [-0.2, -0.15) is 0 Å². The van der Waals surface area contributed by atoms with Gasteiger partial charge in [-0.1, -0.05) is 31.5 Å². The minimum atomic E-state index is -0.918. The first-order valence-corrected chi connectivity index (χ1v) is 7.68. The fourth-order valence-corrected chi connectivity index (χ4v) is 2.08. The smallest absolute Gasteiger partial charge is 0.336 e. The summed E-state index contributed by atoms with van der Waals surface area (Å²) in [4.78, 5) is 14.8. The van der Waals surface area contributed by atoms with E-state index in [0.29, 0.717) is 16.5 Å². The maximum Gasteiger partial charge on any atom is 0.336 e. The highest BCUT2D eigenvalue weighted by molar-refractivity contribution is 6.02. The van der Waals surface area contributed by atoms with E-state index in [0.717, 1.165) is 6.54 Å². The molecule has 1 saturated heterocycles. The zero-order chi connectivity index (χ0) is 16.2. The van der Waals surface area contributed by atoms with Crippen molar-refractivity contribution in [1.29, 1.82) is 0 Å². The number of carbonyl (C=O) groups is 1. The molecule has 5 heteroatoms. The number of para-hydroxylation sites is 1.